The van der Waals surface area contributed by atoms with E-state index in [-0.39, 0.29) is 5.41 Å². The van der Waals surface area contributed by atoms with E-state index in [1.807, 2.05) is 0 Å². The monoisotopic (exact) mass is 268 g/mol. The lowest BCUT2D eigenvalue weighted by atomic mass is 9.79. The predicted octanol–water partition coefficient (Wildman–Crippen LogP) is 6.48. The van der Waals surface area contributed by atoms with Crippen molar-refractivity contribution in [3.8, 4) is 0 Å². The van der Waals surface area contributed by atoms with Gasteiger partial charge in [0.2, 0.25) is 0 Å². The van der Waals surface area contributed by atoms with Gasteiger partial charge in [0, 0.05) is 0 Å². The maximum Gasteiger partial charge on any atom is -0.0103 e. The van der Waals surface area contributed by atoms with Crippen LogP contribution in [0.4, 0.5) is 0 Å². The van der Waals surface area contributed by atoms with Crippen LogP contribution in [-0.2, 0) is 5.41 Å². The van der Waals surface area contributed by atoms with Crippen molar-refractivity contribution in [1.29, 1.82) is 0 Å². The summed E-state index contributed by atoms with van der Waals surface area (Å²) in [7, 11) is 0. The molecular weight excluding hydrogens is 240 g/mol. The molecule has 0 fully saturated rings. The summed E-state index contributed by atoms with van der Waals surface area (Å²) in [5.41, 5.74) is 1.77. The van der Waals surface area contributed by atoms with Gasteiger partial charge in [0.05, 0.1) is 0 Å². The zero-order valence-corrected chi connectivity index (χ0v) is 13.3. The van der Waals surface area contributed by atoms with Crippen LogP contribution in [-0.4, -0.2) is 0 Å². The predicted molar refractivity (Wildman–Crippen MR) is 90.4 cm³/mol. The average molecular weight is 268 g/mol. The molecule has 0 aliphatic carbocycles. The van der Waals surface area contributed by atoms with E-state index in [2.05, 4.69) is 63.2 Å². The summed E-state index contributed by atoms with van der Waals surface area (Å²) in [6.45, 7) is 7.05. The van der Waals surface area contributed by atoms with Crippen LogP contribution in [0, 0.1) is 0 Å². The maximum absolute atomic E-state index is 2.39. The van der Waals surface area contributed by atoms with Crippen molar-refractivity contribution < 1.29 is 0 Å². The van der Waals surface area contributed by atoms with Crippen LogP contribution in [0.25, 0.3) is 10.8 Å². The molecule has 0 atom stereocenters. The van der Waals surface area contributed by atoms with Crippen molar-refractivity contribution in [1.82, 2.24) is 0 Å². The molecule has 0 bridgehead atoms. The quantitative estimate of drug-likeness (QED) is 0.504. The Morgan fingerprint density at radius 3 is 2.25 bits per heavy atom. The first-order valence-corrected chi connectivity index (χ1v) is 8.13. The molecule has 0 aliphatic rings. The second kappa shape index (κ2) is 6.92. The van der Waals surface area contributed by atoms with Gasteiger partial charge < -0.3 is 0 Å². The number of hydrogen-bond donors (Lipinski definition) is 0. The van der Waals surface area contributed by atoms with Crippen molar-refractivity contribution in [2.45, 2.75) is 64.7 Å². The molecule has 0 heteroatoms. The van der Waals surface area contributed by atoms with Crippen molar-refractivity contribution in [3.05, 3.63) is 48.0 Å². The largest absolute Gasteiger partial charge is 0.0654 e. The van der Waals surface area contributed by atoms with Gasteiger partial charge in [0.25, 0.3) is 0 Å². The van der Waals surface area contributed by atoms with Gasteiger partial charge in [0.1, 0.15) is 0 Å². The minimum absolute atomic E-state index is 0.288. The first kappa shape index (κ1) is 15.1. The molecule has 0 nitrogen and oxygen atoms in total. The van der Waals surface area contributed by atoms with Gasteiger partial charge in [-0.1, -0.05) is 95.3 Å². The molecule has 0 aliphatic heterocycles. The third-order valence-electron chi connectivity index (χ3n) is 4.44. The van der Waals surface area contributed by atoms with E-state index >= 15 is 0 Å². The lowest BCUT2D eigenvalue weighted by Crippen LogP contribution is -2.16. The first-order chi connectivity index (χ1) is 9.63. The van der Waals surface area contributed by atoms with Gasteiger partial charge in [-0.3, -0.25) is 0 Å². The molecule has 0 spiro atoms. The fourth-order valence-corrected chi connectivity index (χ4v) is 2.93. The first-order valence-electron chi connectivity index (χ1n) is 8.13. The maximum atomic E-state index is 2.39. The fourth-order valence-electron chi connectivity index (χ4n) is 2.93. The van der Waals surface area contributed by atoms with Crippen molar-refractivity contribution in [3.63, 3.8) is 0 Å². The Labute approximate surface area is 124 Å². The molecule has 0 radical (unpaired) electrons. The van der Waals surface area contributed by atoms with Gasteiger partial charge in [-0.05, 0) is 28.2 Å². The van der Waals surface area contributed by atoms with E-state index < -0.39 is 0 Å². The Kier molecular flexibility index (Phi) is 5.23. The number of hydrogen-bond acceptors (Lipinski definition) is 0. The van der Waals surface area contributed by atoms with E-state index in [1.165, 1.54) is 54.9 Å². The molecule has 0 aromatic heterocycles. The Bertz CT molecular complexity index is 536. The van der Waals surface area contributed by atoms with Gasteiger partial charge in [-0.25, -0.2) is 0 Å². The second-order valence-electron chi connectivity index (χ2n) is 6.61. The van der Waals surface area contributed by atoms with Crippen molar-refractivity contribution in [2.75, 3.05) is 0 Å². The summed E-state index contributed by atoms with van der Waals surface area (Å²) in [5.74, 6) is 0. The molecule has 0 heterocycles. The van der Waals surface area contributed by atoms with Crippen LogP contribution in [0.15, 0.2) is 42.5 Å². The number of benzene rings is 2. The second-order valence-corrected chi connectivity index (χ2v) is 6.61. The van der Waals surface area contributed by atoms with Crippen LogP contribution in [0.5, 0.6) is 0 Å². The topological polar surface area (TPSA) is 0 Å². The average Bonchev–Trinajstić information content (AvgIpc) is 2.46. The van der Waals surface area contributed by atoms with Gasteiger partial charge in [-0.2, -0.15) is 0 Å². The third kappa shape index (κ3) is 3.85. The lowest BCUT2D eigenvalue weighted by molar-refractivity contribution is 0.444. The van der Waals surface area contributed by atoms with Gasteiger partial charge >= 0.3 is 0 Å². The Balaban J connectivity index is 2.02. The van der Waals surface area contributed by atoms with E-state index in [9.17, 15) is 0 Å². The van der Waals surface area contributed by atoms with E-state index in [0.717, 1.165) is 0 Å². The van der Waals surface area contributed by atoms with Crippen LogP contribution < -0.4 is 0 Å². The SMILES string of the molecule is CCCCCCCC(C)(C)c1ccc2ccccc2c1. The van der Waals surface area contributed by atoms with Crippen LogP contribution in [0.3, 0.4) is 0 Å². The highest BCUT2D eigenvalue weighted by Gasteiger charge is 2.20. The third-order valence-corrected chi connectivity index (χ3v) is 4.44. The molecule has 108 valence electrons. The van der Waals surface area contributed by atoms with Crippen LogP contribution in [0.1, 0.15) is 64.9 Å². The van der Waals surface area contributed by atoms with E-state index in [4.69, 9.17) is 0 Å². The van der Waals surface area contributed by atoms with Gasteiger partial charge in [0.15, 0.2) is 0 Å². The standard InChI is InChI=1S/C20H28/c1-4-5-6-7-10-15-20(2,3)19-14-13-17-11-8-9-12-18(17)16-19/h8-9,11-14,16H,4-7,10,15H2,1-3H3. The molecule has 0 N–H and O–H groups in total. The molecule has 0 unspecified atom stereocenters. The normalized spacial score (nSPS) is 11.9. The van der Waals surface area contributed by atoms with Crippen LogP contribution >= 0.6 is 0 Å². The molecular formula is C20H28. The summed E-state index contributed by atoms with van der Waals surface area (Å²) >= 11 is 0. The van der Waals surface area contributed by atoms with Crippen LogP contribution in [0.2, 0.25) is 0 Å². The Hall–Kier alpha value is -1.30. The molecule has 0 amide bonds. The number of fused-ring (bicyclic) bond motifs is 1. The van der Waals surface area contributed by atoms with Crippen molar-refractivity contribution >= 4 is 10.8 Å². The Morgan fingerprint density at radius 2 is 1.50 bits per heavy atom. The summed E-state index contributed by atoms with van der Waals surface area (Å²) in [5, 5.41) is 2.71. The fraction of sp³-hybridized carbons (Fsp3) is 0.500. The number of rotatable bonds is 7. The molecule has 20 heavy (non-hydrogen) atoms. The van der Waals surface area contributed by atoms with E-state index in [0.29, 0.717) is 0 Å². The number of unbranched alkanes of at least 4 members (excludes halogenated alkanes) is 4. The molecule has 0 saturated carbocycles. The highest BCUT2D eigenvalue weighted by atomic mass is 14.2. The molecule has 2 rings (SSSR count). The molecule has 0 saturated heterocycles. The minimum atomic E-state index is 0.288. The Morgan fingerprint density at radius 1 is 0.800 bits per heavy atom. The summed E-state index contributed by atoms with van der Waals surface area (Å²) in [6.07, 6.45) is 8.12. The summed E-state index contributed by atoms with van der Waals surface area (Å²) in [6, 6.07) is 15.6. The lowest BCUT2D eigenvalue weighted by Gasteiger charge is -2.26. The molecule has 2 aromatic rings. The van der Waals surface area contributed by atoms with Gasteiger partial charge in [-0.15, -0.1) is 0 Å². The zero-order chi connectivity index (χ0) is 14.4. The van der Waals surface area contributed by atoms with E-state index in [1.54, 1.807) is 0 Å². The highest BCUT2D eigenvalue weighted by Crippen LogP contribution is 2.31. The smallest absolute Gasteiger partial charge is 0.0103 e. The molecule has 2 aromatic carbocycles. The summed E-state index contributed by atoms with van der Waals surface area (Å²) < 4.78 is 0. The highest BCUT2D eigenvalue weighted by molar-refractivity contribution is 5.83. The summed E-state index contributed by atoms with van der Waals surface area (Å²) in [4.78, 5) is 0. The van der Waals surface area contributed by atoms with Crippen molar-refractivity contribution in [2.24, 2.45) is 0 Å². The minimum Gasteiger partial charge on any atom is -0.0654 e. The zero-order valence-electron chi connectivity index (χ0n) is 13.3.